The summed E-state index contributed by atoms with van der Waals surface area (Å²) in [5, 5.41) is 0. The van der Waals surface area contributed by atoms with E-state index in [1.807, 2.05) is 0 Å². The fourth-order valence-electron chi connectivity index (χ4n) is 0.528. The molecule has 1 aliphatic rings. The Morgan fingerprint density at radius 3 is 2.90 bits per heavy atom. The smallest absolute Gasteiger partial charge is 0.294 e. The van der Waals surface area contributed by atoms with Gasteiger partial charge in [0.25, 0.3) is 10.0 Å². The van der Waals surface area contributed by atoms with Crippen LogP contribution in [-0.4, -0.2) is 38.4 Å². The van der Waals surface area contributed by atoms with E-state index in [1.165, 1.54) is 0 Å². The van der Waals surface area contributed by atoms with E-state index in [0.29, 0.717) is 6.10 Å². The van der Waals surface area contributed by atoms with Crippen LogP contribution in [0.3, 0.4) is 0 Å². The number of hydrogen-bond donors (Lipinski definition) is 0. The number of epoxide rings is 1. The molecule has 1 rings (SSSR count). The second kappa shape index (κ2) is 4.25. The second-order valence-electron chi connectivity index (χ2n) is 2.66. The van der Waals surface area contributed by atoms with Crippen LogP contribution < -0.4 is 0 Å². The van der Waals surface area contributed by atoms with E-state index in [0.717, 1.165) is 13.2 Å². The van der Waals surface area contributed by atoms with Crippen LogP contribution in [0.15, 0.2) is 0 Å². The number of ether oxygens (including phenoxy) is 1. The molecular weight excluding hydrogens is 164 g/mol. The predicted molar refractivity (Wildman–Crippen MR) is 44.2 cm³/mol. The lowest BCUT2D eigenvalue weighted by Crippen LogP contribution is -2.16. The summed E-state index contributed by atoms with van der Waals surface area (Å²) >= 11 is 0. The van der Waals surface area contributed by atoms with Crippen molar-refractivity contribution in [3.63, 3.8) is 0 Å². The number of hydrogen-bond acceptors (Lipinski definition) is 3. The first-order chi connectivity index (χ1) is 4.79. The maximum atomic E-state index is 5.42. The Bertz CT molecular complexity index is 90.9. The van der Waals surface area contributed by atoms with Gasteiger partial charge >= 0.3 is 0 Å². The molecule has 1 heterocycles. The molecule has 1 aliphatic heterocycles. The van der Waals surface area contributed by atoms with E-state index in [1.54, 1.807) is 0 Å². The maximum absolute atomic E-state index is 5.42. The highest BCUT2D eigenvalue weighted by Gasteiger charge is 2.21. The van der Waals surface area contributed by atoms with Crippen molar-refractivity contribution in [2.45, 2.75) is 19.2 Å². The molecule has 1 unspecified atom stereocenters. The quantitative estimate of drug-likeness (QED) is 0.320. The van der Waals surface area contributed by atoms with Crippen molar-refractivity contribution in [1.29, 1.82) is 0 Å². The van der Waals surface area contributed by atoms with E-state index in [9.17, 15) is 0 Å². The highest BCUT2D eigenvalue weighted by molar-refractivity contribution is 6.54. The molecule has 0 saturated carbocycles. The molecule has 0 bridgehead atoms. The molecule has 0 aromatic heterocycles. The van der Waals surface area contributed by atoms with E-state index >= 15 is 0 Å². The second-order valence-corrected chi connectivity index (χ2v) is 6.73. The molecule has 0 amide bonds. The summed E-state index contributed by atoms with van der Waals surface area (Å²) < 4.78 is 15.7. The summed E-state index contributed by atoms with van der Waals surface area (Å²) in [6, 6.07) is 0. The number of rotatable bonds is 5. The molecule has 0 N–H and O–H groups in total. The third-order valence-corrected chi connectivity index (χ3v) is 4.80. The van der Waals surface area contributed by atoms with Crippen molar-refractivity contribution in [1.82, 2.24) is 0 Å². The monoisotopic (exact) mass is 178 g/mol. The normalized spacial score (nSPS) is 24.9. The van der Waals surface area contributed by atoms with Crippen LogP contribution in [0.2, 0.25) is 13.1 Å². The molecule has 1 saturated heterocycles. The van der Waals surface area contributed by atoms with Crippen molar-refractivity contribution in [2.24, 2.45) is 0 Å². The molecule has 60 valence electrons. The Morgan fingerprint density at radius 1 is 1.70 bits per heavy atom. The van der Waals surface area contributed by atoms with Crippen LogP contribution in [0.1, 0.15) is 0 Å². The highest BCUT2D eigenvalue weighted by atomic mass is 28.4. The minimum Gasteiger partial charge on any atom is -0.443 e. The van der Waals surface area contributed by atoms with Crippen LogP contribution in [0, 0.1) is 0 Å². The van der Waals surface area contributed by atoms with Gasteiger partial charge in [-0.05, 0) is 13.1 Å². The summed E-state index contributed by atoms with van der Waals surface area (Å²) in [7, 11) is -1.47. The minimum absolute atomic E-state index is 0.393. The molecule has 0 aromatic carbocycles. The first-order valence-electron chi connectivity index (χ1n) is 3.60. The zero-order valence-corrected chi connectivity index (χ0v) is 9.07. The van der Waals surface area contributed by atoms with Gasteiger partial charge in [-0.25, -0.2) is 0 Å². The molecule has 0 spiro atoms. The van der Waals surface area contributed by atoms with Crippen LogP contribution in [0.5, 0.6) is 0 Å². The molecule has 0 aliphatic carbocycles. The summed E-state index contributed by atoms with van der Waals surface area (Å²) in [5.41, 5.74) is 0. The molecule has 0 radical (unpaired) electrons. The van der Waals surface area contributed by atoms with Gasteiger partial charge in [0.05, 0.1) is 13.2 Å². The van der Waals surface area contributed by atoms with Gasteiger partial charge in [-0.2, -0.15) is 0 Å². The maximum Gasteiger partial charge on any atom is 0.294 e. The molecule has 0 aromatic rings. The standard InChI is InChI=1S/C5H14O3Si2/c1-10(2)8-9-7-4-5-3-6-5/h5,10H,3-4,9H2,1-2H3. The van der Waals surface area contributed by atoms with Gasteiger partial charge in [0.15, 0.2) is 9.04 Å². The Kier molecular flexibility index (Phi) is 3.57. The molecule has 1 atom stereocenters. The largest absolute Gasteiger partial charge is 0.443 e. The average Bonchev–Trinajstić information content (AvgIpc) is 2.62. The van der Waals surface area contributed by atoms with Gasteiger partial charge in [-0.15, -0.1) is 0 Å². The minimum atomic E-state index is -0.817. The van der Waals surface area contributed by atoms with Crippen molar-refractivity contribution in [3.05, 3.63) is 0 Å². The lowest BCUT2D eigenvalue weighted by atomic mass is 10.5. The van der Waals surface area contributed by atoms with Gasteiger partial charge < -0.3 is 13.3 Å². The van der Waals surface area contributed by atoms with Crippen LogP contribution in [-0.2, 0) is 13.3 Å². The fraction of sp³-hybridized carbons (Fsp3) is 1.00. The van der Waals surface area contributed by atoms with E-state index in [-0.39, 0.29) is 0 Å². The molecule has 3 nitrogen and oxygen atoms in total. The van der Waals surface area contributed by atoms with Crippen molar-refractivity contribution < 1.29 is 13.3 Å². The Balaban J connectivity index is 1.76. The summed E-state index contributed by atoms with van der Waals surface area (Å²) in [4.78, 5) is 0. The first-order valence-corrected chi connectivity index (χ1v) is 7.53. The van der Waals surface area contributed by atoms with Gasteiger partial charge in [-0.1, -0.05) is 0 Å². The van der Waals surface area contributed by atoms with Crippen LogP contribution in [0.4, 0.5) is 0 Å². The predicted octanol–water partition coefficient (Wildman–Crippen LogP) is -0.599. The first kappa shape index (κ1) is 8.41. The zero-order chi connectivity index (χ0) is 7.40. The van der Waals surface area contributed by atoms with Gasteiger partial charge in [0.1, 0.15) is 6.10 Å². The Hall–Kier alpha value is 0.314. The molecule has 5 heteroatoms. The van der Waals surface area contributed by atoms with Crippen molar-refractivity contribution in [3.8, 4) is 0 Å². The van der Waals surface area contributed by atoms with E-state index < -0.39 is 19.0 Å². The third kappa shape index (κ3) is 4.18. The van der Waals surface area contributed by atoms with Crippen LogP contribution >= 0.6 is 0 Å². The molecule has 10 heavy (non-hydrogen) atoms. The molecule has 1 fully saturated rings. The van der Waals surface area contributed by atoms with Crippen LogP contribution in [0.25, 0.3) is 0 Å². The molecular formula is C5H14O3Si2. The van der Waals surface area contributed by atoms with Gasteiger partial charge in [0, 0.05) is 0 Å². The zero-order valence-electron chi connectivity index (χ0n) is 6.50. The Morgan fingerprint density at radius 2 is 2.40 bits per heavy atom. The van der Waals surface area contributed by atoms with Gasteiger partial charge in [-0.3, -0.25) is 0 Å². The third-order valence-electron chi connectivity index (χ3n) is 1.19. The lowest BCUT2D eigenvalue weighted by Gasteiger charge is -2.05. The highest BCUT2D eigenvalue weighted by Crippen LogP contribution is 2.07. The van der Waals surface area contributed by atoms with Gasteiger partial charge in [0.2, 0.25) is 0 Å². The lowest BCUT2D eigenvalue weighted by molar-refractivity contribution is 0.247. The average molecular weight is 178 g/mol. The summed E-state index contributed by atoms with van der Waals surface area (Å²) in [5.74, 6) is 0. The fourth-order valence-corrected chi connectivity index (χ4v) is 2.36. The topological polar surface area (TPSA) is 31.0 Å². The SMILES string of the molecule is C[SiH](C)O[SiH2]OCC1CO1. The summed E-state index contributed by atoms with van der Waals surface area (Å²) in [6.07, 6.45) is 0.393. The Labute approximate surface area is 65.5 Å². The van der Waals surface area contributed by atoms with E-state index in [2.05, 4.69) is 13.1 Å². The van der Waals surface area contributed by atoms with Crippen molar-refractivity contribution >= 4 is 19.0 Å². The summed E-state index contributed by atoms with van der Waals surface area (Å²) in [6.45, 7) is 5.95. The van der Waals surface area contributed by atoms with E-state index in [4.69, 9.17) is 13.3 Å². The van der Waals surface area contributed by atoms with Crippen molar-refractivity contribution in [2.75, 3.05) is 13.2 Å².